The second-order valence-corrected chi connectivity index (χ2v) is 5.62. The molecule has 2 heterocycles. The molecule has 0 bridgehead atoms. The van der Waals surface area contributed by atoms with Crippen molar-refractivity contribution in [1.29, 1.82) is 0 Å². The number of aromatic nitrogens is 3. The maximum absolute atomic E-state index is 12.4. The molecule has 0 fully saturated rings. The van der Waals surface area contributed by atoms with Gasteiger partial charge in [0, 0.05) is 19.2 Å². The van der Waals surface area contributed by atoms with Crippen molar-refractivity contribution < 1.29 is 9.59 Å². The van der Waals surface area contributed by atoms with Crippen molar-refractivity contribution in [3.05, 3.63) is 52.6 Å². The van der Waals surface area contributed by atoms with Crippen LogP contribution in [0, 0.1) is 13.8 Å². The number of nitrogens with zero attached hydrogens (tertiary/aromatic N) is 1. The van der Waals surface area contributed by atoms with Gasteiger partial charge in [0.15, 0.2) is 5.78 Å². The van der Waals surface area contributed by atoms with Gasteiger partial charge >= 0.3 is 0 Å². The summed E-state index contributed by atoms with van der Waals surface area (Å²) in [6, 6.07) is 5.80. The van der Waals surface area contributed by atoms with Crippen molar-refractivity contribution in [3.63, 3.8) is 0 Å². The van der Waals surface area contributed by atoms with Crippen LogP contribution in [-0.2, 0) is 6.54 Å². The lowest BCUT2D eigenvalue weighted by Crippen LogP contribution is -2.23. The monoisotopic (exact) mass is 310 g/mol. The molecule has 3 N–H and O–H groups in total. The Labute approximate surface area is 133 Å². The van der Waals surface area contributed by atoms with Gasteiger partial charge in [0.25, 0.3) is 5.91 Å². The highest BCUT2D eigenvalue weighted by Gasteiger charge is 2.19. The molecule has 1 aromatic carbocycles. The smallest absolute Gasteiger partial charge is 0.253 e. The first kappa shape index (κ1) is 15.0. The van der Waals surface area contributed by atoms with Crippen LogP contribution in [0.1, 0.15) is 44.6 Å². The number of Topliss-reactive ketones (excluding diaryl/α,β-unsaturated/α-hetero) is 1. The number of H-pyrrole nitrogens is 2. The number of hydrogen-bond acceptors (Lipinski definition) is 3. The molecule has 0 aliphatic rings. The lowest BCUT2D eigenvalue weighted by molar-refractivity contribution is 0.0949. The fraction of sp³-hybridized carbons (Fsp3) is 0.235. The lowest BCUT2D eigenvalue weighted by atomic mass is 10.1. The van der Waals surface area contributed by atoms with E-state index in [-0.39, 0.29) is 11.7 Å². The summed E-state index contributed by atoms with van der Waals surface area (Å²) in [6.45, 7) is 5.48. The SMILES string of the molecule is CC(=O)c1[nH]c(C)c(C(=O)NCc2ccc3nc[nH]c3c2)c1C. The van der Waals surface area contributed by atoms with E-state index in [1.165, 1.54) is 6.92 Å². The molecular formula is C17H18N4O2. The standard InChI is InChI=1S/C17H18N4O2/c1-9-15(10(2)21-16(9)11(3)22)17(23)18-7-12-4-5-13-14(6-12)20-8-19-13/h4-6,8,21H,7H2,1-3H3,(H,18,23)(H,19,20). The number of benzene rings is 1. The molecule has 3 rings (SSSR count). The summed E-state index contributed by atoms with van der Waals surface area (Å²) in [4.78, 5) is 34.2. The summed E-state index contributed by atoms with van der Waals surface area (Å²) in [7, 11) is 0. The molecular weight excluding hydrogens is 292 g/mol. The lowest BCUT2D eigenvalue weighted by Gasteiger charge is -2.06. The first-order chi connectivity index (χ1) is 11.0. The Kier molecular flexibility index (Phi) is 3.73. The fourth-order valence-corrected chi connectivity index (χ4v) is 2.81. The predicted molar refractivity (Wildman–Crippen MR) is 87.5 cm³/mol. The van der Waals surface area contributed by atoms with Gasteiger partial charge in [-0.1, -0.05) is 6.07 Å². The minimum Gasteiger partial charge on any atom is -0.355 e. The Morgan fingerprint density at radius 1 is 1.26 bits per heavy atom. The van der Waals surface area contributed by atoms with E-state index in [0.29, 0.717) is 29.1 Å². The van der Waals surface area contributed by atoms with Crippen LogP contribution in [0.4, 0.5) is 0 Å². The largest absolute Gasteiger partial charge is 0.355 e. The van der Waals surface area contributed by atoms with Crippen LogP contribution >= 0.6 is 0 Å². The first-order valence-electron chi connectivity index (χ1n) is 7.37. The quantitative estimate of drug-likeness (QED) is 0.647. The van der Waals surface area contributed by atoms with Crippen LogP contribution < -0.4 is 5.32 Å². The normalized spacial score (nSPS) is 10.9. The molecule has 6 heteroatoms. The van der Waals surface area contributed by atoms with Crippen molar-refractivity contribution in [3.8, 4) is 0 Å². The molecule has 0 saturated heterocycles. The van der Waals surface area contributed by atoms with Gasteiger partial charge in [-0.05, 0) is 37.1 Å². The zero-order chi connectivity index (χ0) is 16.6. The second-order valence-electron chi connectivity index (χ2n) is 5.62. The van der Waals surface area contributed by atoms with Crippen molar-refractivity contribution >= 4 is 22.7 Å². The van der Waals surface area contributed by atoms with E-state index in [2.05, 4.69) is 20.3 Å². The third kappa shape index (κ3) is 2.75. The number of amides is 1. The van der Waals surface area contributed by atoms with E-state index in [4.69, 9.17) is 0 Å². The molecule has 0 unspecified atom stereocenters. The van der Waals surface area contributed by atoms with Crippen molar-refractivity contribution in [2.75, 3.05) is 0 Å². The Bertz CT molecular complexity index is 905. The predicted octanol–water partition coefficient (Wildman–Crippen LogP) is 2.64. The molecule has 0 aliphatic heterocycles. The molecule has 0 atom stereocenters. The van der Waals surface area contributed by atoms with Crippen molar-refractivity contribution in [2.45, 2.75) is 27.3 Å². The highest BCUT2D eigenvalue weighted by atomic mass is 16.1. The first-order valence-corrected chi connectivity index (χ1v) is 7.37. The summed E-state index contributed by atoms with van der Waals surface area (Å²) in [5, 5.41) is 2.90. The third-order valence-corrected chi connectivity index (χ3v) is 3.95. The average Bonchev–Trinajstić information content (AvgIpc) is 3.08. The van der Waals surface area contributed by atoms with Crippen molar-refractivity contribution in [1.82, 2.24) is 20.3 Å². The molecule has 0 radical (unpaired) electrons. The summed E-state index contributed by atoms with van der Waals surface area (Å²) >= 11 is 0. The zero-order valence-electron chi connectivity index (χ0n) is 13.3. The Morgan fingerprint density at radius 3 is 2.74 bits per heavy atom. The van der Waals surface area contributed by atoms with E-state index in [1.807, 2.05) is 18.2 Å². The molecule has 1 amide bonds. The number of imidazole rings is 1. The van der Waals surface area contributed by atoms with Crippen LogP contribution in [0.3, 0.4) is 0 Å². The minimum absolute atomic E-state index is 0.0747. The van der Waals surface area contributed by atoms with Gasteiger partial charge in [0.1, 0.15) is 0 Å². The van der Waals surface area contributed by atoms with Gasteiger partial charge in [-0.3, -0.25) is 9.59 Å². The summed E-state index contributed by atoms with van der Waals surface area (Å²) < 4.78 is 0. The highest BCUT2D eigenvalue weighted by molar-refractivity contribution is 6.02. The average molecular weight is 310 g/mol. The van der Waals surface area contributed by atoms with E-state index in [9.17, 15) is 9.59 Å². The van der Waals surface area contributed by atoms with Gasteiger partial charge in [0.05, 0.1) is 28.6 Å². The van der Waals surface area contributed by atoms with Crippen LogP contribution in [0.25, 0.3) is 11.0 Å². The Balaban J connectivity index is 1.78. The molecule has 3 aromatic rings. The van der Waals surface area contributed by atoms with E-state index in [0.717, 1.165) is 16.6 Å². The van der Waals surface area contributed by atoms with Crippen LogP contribution in [-0.4, -0.2) is 26.6 Å². The fourth-order valence-electron chi connectivity index (χ4n) is 2.81. The van der Waals surface area contributed by atoms with Crippen molar-refractivity contribution in [2.24, 2.45) is 0 Å². The van der Waals surface area contributed by atoms with Gasteiger partial charge < -0.3 is 15.3 Å². The van der Waals surface area contributed by atoms with E-state index >= 15 is 0 Å². The number of rotatable bonds is 4. The third-order valence-electron chi connectivity index (χ3n) is 3.95. The highest BCUT2D eigenvalue weighted by Crippen LogP contribution is 2.18. The number of ketones is 1. The Hall–Kier alpha value is -2.89. The molecule has 23 heavy (non-hydrogen) atoms. The number of nitrogens with one attached hydrogen (secondary N) is 3. The number of fused-ring (bicyclic) bond motifs is 1. The van der Waals surface area contributed by atoms with Gasteiger partial charge in [0.2, 0.25) is 0 Å². The minimum atomic E-state index is -0.187. The molecule has 0 spiro atoms. The van der Waals surface area contributed by atoms with Gasteiger partial charge in [-0.2, -0.15) is 0 Å². The molecule has 118 valence electrons. The van der Waals surface area contributed by atoms with Crippen LogP contribution in [0.15, 0.2) is 24.5 Å². The maximum Gasteiger partial charge on any atom is 0.253 e. The van der Waals surface area contributed by atoms with E-state index < -0.39 is 0 Å². The molecule has 0 aliphatic carbocycles. The topological polar surface area (TPSA) is 90.6 Å². The molecule has 6 nitrogen and oxygen atoms in total. The molecule has 0 saturated carbocycles. The summed E-state index contributed by atoms with van der Waals surface area (Å²) in [5.41, 5.74) is 5.23. The Morgan fingerprint density at radius 2 is 2.04 bits per heavy atom. The van der Waals surface area contributed by atoms with Gasteiger partial charge in [-0.15, -0.1) is 0 Å². The number of hydrogen-bond donors (Lipinski definition) is 3. The maximum atomic E-state index is 12.4. The zero-order valence-corrected chi connectivity index (χ0v) is 13.3. The number of aryl methyl sites for hydroxylation is 1. The summed E-state index contributed by atoms with van der Waals surface area (Å²) in [5.74, 6) is -0.261. The molecule has 2 aromatic heterocycles. The van der Waals surface area contributed by atoms with Crippen LogP contribution in [0.2, 0.25) is 0 Å². The van der Waals surface area contributed by atoms with E-state index in [1.54, 1.807) is 20.2 Å². The number of aromatic amines is 2. The summed E-state index contributed by atoms with van der Waals surface area (Å²) in [6.07, 6.45) is 1.64. The van der Waals surface area contributed by atoms with Crippen LogP contribution in [0.5, 0.6) is 0 Å². The second kappa shape index (κ2) is 5.72. The van der Waals surface area contributed by atoms with Gasteiger partial charge in [-0.25, -0.2) is 4.98 Å². The number of carbonyl (C=O) groups excluding carboxylic acids is 2. The number of carbonyl (C=O) groups is 2.